The van der Waals surface area contributed by atoms with Crippen LogP contribution in [0.25, 0.3) is 0 Å². The van der Waals surface area contributed by atoms with E-state index in [1.807, 2.05) is 30.3 Å². The van der Waals surface area contributed by atoms with Crippen LogP contribution in [0.1, 0.15) is 57.8 Å². The summed E-state index contributed by atoms with van der Waals surface area (Å²) in [6.07, 6.45) is 2.92. The largest absolute Gasteiger partial charge is 0.350 e. The number of piperidine rings is 1. The lowest BCUT2D eigenvalue weighted by Crippen LogP contribution is -2.51. The second-order valence-corrected chi connectivity index (χ2v) is 9.56. The zero-order chi connectivity index (χ0) is 25.8. The van der Waals surface area contributed by atoms with Crippen LogP contribution in [0.15, 0.2) is 60.7 Å². The molecule has 0 bridgehead atoms. The molecule has 9 heteroatoms. The average molecular weight is 504 g/mol. The van der Waals surface area contributed by atoms with Crippen molar-refractivity contribution in [2.75, 3.05) is 13.1 Å². The van der Waals surface area contributed by atoms with Gasteiger partial charge in [0.05, 0.1) is 0 Å². The predicted octanol–water partition coefficient (Wildman–Crippen LogP) is 3.38. The van der Waals surface area contributed by atoms with Gasteiger partial charge in [0.25, 0.3) is 11.8 Å². The normalized spacial score (nSPS) is 17.8. The van der Waals surface area contributed by atoms with Crippen LogP contribution in [-0.2, 0) is 24.4 Å². The second-order valence-electron chi connectivity index (χ2n) is 9.56. The minimum Gasteiger partial charge on any atom is -0.350 e. The van der Waals surface area contributed by atoms with Gasteiger partial charge in [0.15, 0.2) is 5.69 Å². The highest BCUT2D eigenvalue weighted by molar-refractivity contribution is 5.99. The maximum atomic E-state index is 13.5. The van der Waals surface area contributed by atoms with Gasteiger partial charge >= 0.3 is 0 Å². The van der Waals surface area contributed by atoms with Gasteiger partial charge in [-0.3, -0.25) is 19.1 Å². The van der Waals surface area contributed by atoms with E-state index in [-0.39, 0.29) is 35.8 Å². The highest BCUT2D eigenvalue weighted by Crippen LogP contribution is 2.22. The van der Waals surface area contributed by atoms with Crippen LogP contribution in [0, 0.1) is 5.82 Å². The van der Waals surface area contributed by atoms with Crippen molar-refractivity contribution in [3.63, 3.8) is 0 Å². The fourth-order valence-corrected chi connectivity index (χ4v) is 5.00. The topological polar surface area (TPSA) is 87.5 Å². The summed E-state index contributed by atoms with van der Waals surface area (Å²) < 4.78 is 14.8. The minimum atomic E-state index is -0.617. The average Bonchev–Trinajstić information content (AvgIpc) is 3.30. The van der Waals surface area contributed by atoms with Gasteiger partial charge in [0.1, 0.15) is 17.6 Å². The van der Waals surface area contributed by atoms with Gasteiger partial charge in [-0.15, -0.1) is 0 Å². The number of hydrogen-bond acceptors (Lipinski definition) is 4. The lowest BCUT2D eigenvalue weighted by Gasteiger charge is -2.34. The summed E-state index contributed by atoms with van der Waals surface area (Å²) >= 11 is 0. The van der Waals surface area contributed by atoms with Crippen LogP contribution in [0.4, 0.5) is 4.39 Å². The molecule has 0 aliphatic carbocycles. The summed E-state index contributed by atoms with van der Waals surface area (Å²) in [4.78, 5) is 43.2. The highest BCUT2D eigenvalue weighted by Gasteiger charge is 2.35. The van der Waals surface area contributed by atoms with Crippen LogP contribution >= 0.6 is 0 Å². The molecule has 8 nitrogen and oxygen atoms in total. The van der Waals surface area contributed by atoms with E-state index in [1.165, 1.54) is 12.1 Å². The third-order valence-electron chi connectivity index (χ3n) is 6.97. The summed E-state index contributed by atoms with van der Waals surface area (Å²) in [7, 11) is 0. The Kier molecular flexibility index (Phi) is 7.30. The van der Waals surface area contributed by atoms with Crippen LogP contribution in [-0.4, -0.2) is 56.4 Å². The molecule has 1 atom stereocenters. The first kappa shape index (κ1) is 24.7. The molecule has 192 valence electrons. The summed E-state index contributed by atoms with van der Waals surface area (Å²) in [6, 6.07) is 16.7. The Morgan fingerprint density at radius 1 is 0.946 bits per heavy atom. The van der Waals surface area contributed by atoms with Crippen molar-refractivity contribution in [3.05, 3.63) is 89.0 Å². The standard InChI is InChI=1S/C28H30FN5O3/c29-22-12-10-20(11-13-22)18-30-26(35)24-9-4-5-15-33(24)27(36)23-17-25-28(37)32(14-6-16-34(25)31-23)19-21-7-2-1-3-8-21/h1-3,7-8,10-13,17,24H,4-6,9,14-16,18-19H2,(H,30,35). The predicted molar refractivity (Wildman–Crippen MR) is 135 cm³/mol. The fraction of sp³-hybridized carbons (Fsp3) is 0.357. The molecule has 1 aromatic heterocycles. The Balaban J connectivity index is 1.29. The summed E-state index contributed by atoms with van der Waals surface area (Å²) in [5.41, 5.74) is 2.40. The minimum absolute atomic E-state index is 0.153. The number of rotatable bonds is 6. The van der Waals surface area contributed by atoms with Crippen molar-refractivity contribution in [1.29, 1.82) is 0 Å². The summed E-state index contributed by atoms with van der Waals surface area (Å²) in [5.74, 6) is -1.08. The smallest absolute Gasteiger partial charge is 0.275 e. The van der Waals surface area contributed by atoms with Gasteiger partial charge < -0.3 is 15.1 Å². The van der Waals surface area contributed by atoms with Crippen molar-refractivity contribution in [3.8, 4) is 0 Å². The first-order valence-electron chi connectivity index (χ1n) is 12.7. The molecule has 0 saturated carbocycles. The molecular weight excluding hydrogens is 473 g/mol. The number of aryl methyl sites for hydroxylation is 1. The number of benzene rings is 2. The Bertz CT molecular complexity index is 1270. The molecular formula is C28H30FN5O3. The van der Waals surface area contributed by atoms with Gasteiger partial charge in [0.2, 0.25) is 5.91 Å². The Hall–Kier alpha value is -4.01. The molecule has 1 N–H and O–H groups in total. The number of nitrogens with zero attached hydrogens (tertiary/aromatic N) is 4. The van der Waals surface area contributed by atoms with E-state index in [4.69, 9.17) is 0 Å². The molecule has 0 radical (unpaired) electrons. The van der Waals surface area contributed by atoms with E-state index in [0.717, 1.165) is 30.4 Å². The first-order chi connectivity index (χ1) is 18.0. The molecule has 3 heterocycles. The van der Waals surface area contributed by atoms with Gasteiger partial charge in [-0.2, -0.15) is 5.10 Å². The zero-order valence-corrected chi connectivity index (χ0v) is 20.6. The zero-order valence-electron chi connectivity index (χ0n) is 20.6. The molecule has 37 heavy (non-hydrogen) atoms. The summed E-state index contributed by atoms with van der Waals surface area (Å²) in [5, 5.41) is 7.36. The first-order valence-corrected chi connectivity index (χ1v) is 12.7. The van der Waals surface area contributed by atoms with Gasteiger partial charge in [-0.25, -0.2) is 4.39 Å². The third kappa shape index (κ3) is 5.55. The SMILES string of the molecule is O=C(NCc1ccc(F)cc1)C1CCCCN1C(=O)c1cc2n(n1)CCCN(Cc1ccccc1)C2=O. The van der Waals surface area contributed by atoms with Gasteiger partial charge in [0, 0.05) is 38.8 Å². The molecule has 0 spiro atoms. The van der Waals surface area contributed by atoms with Crippen LogP contribution in [0.5, 0.6) is 0 Å². The van der Waals surface area contributed by atoms with Gasteiger partial charge in [-0.1, -0.05) is 42.5 Å². The van der Waals surface area contributed by atoms with Crippen LogP contribution < -0.4 is 5.32 Å². The molecule has 3 aromatic rings. The molecule has 2 aliphatic rings. The Morgan fingerprint density at radius 3 is 2.51 bits per heavy atom. The Labute approximate surface area is 215 Å². The number of halogens is 1. The molecule has 1 fully saturated rings. The summed E-state index contributed by atoms with van der Waals surface area (Å²) in [6.45, 7) is 2.35. The van der Waals surface area contributed by atoms with E-state index in [0.29, 0.717) is 38.3 Å². The van der Waals surface area contributed by atoms with Gasteiger partial charge in [-0.05, 0) is 48.9 Å². The maximum absolute atomic E-state index is 13.5. The number of fused-ring (bicyclic) bond motifs is 1. The lowest BCUT2D eigenvalue weighted by molar-refractivity contribution is -0.126. The number of carbonyl (C=O) groups excluding carboxylic acids is 3. The number of nitrogens with one attached hydrogen (secondary N) is 1. The van der Waals surface area contributed by atoms with E-state index in [2.05, 4.69) is 10.4 Å². The number of amides is 3. The number of likely N-dealkylation sites (tertiary alicyclic amines) is 1. The van der Waals surface area contributed by atoms with Crippen LogP contribution in [0.3, 0.4) is 0 Å². The third-order valence-corrected chi connectivity index (χ3v) is 6.97. The van der Waals surface area contributed by atoms with Crippen molar-refractivity contribution in [2.24, 2.45) is 0 Å². The van der Waals surface area contributed by atoms with E-state index < -0.39 is 6.04 Å². The maximum Gasteiger partial charge on any atom is 0.275 e. The Morgan fingerprint density at radius 2 is 1.73 bits per heavy atom. The molecule has 5 rings (SSSR count). The van der Waals surface area contributed by atoms with E-state index in [1.54, 1.807) is 32.7 Å². The fourth-order valence-electron chi connectivity index (χ4n) is 5.00. The van der Waals surface area contributed by atoms with Crippen molar-refractivity contribution in [1.82, 2.24) is 24.9 Å². The van der Waals surface area contributed by atoms with Crippen molar-refractivity contribution < 1.29 is 18.8 Å². The quantitative estimate of drug-likeness (QED) is 0.559. The molecule has 2 aromatic carbocycles. The second kappa shape index (κ2) is 10.9. The van der Waals surface area contributed by atoms with Crippen LogP contribution in [0.2, 0.25) is 0 Å². The van der Waals surface area contributed by atoms with Crippen molar-refractivity contribution in [2.45, 2.75) is 51.4 Å². The molecule has 1 unspecified atom stereocenters. The van der Waals surface area contributed by atoms with Crippen molar-refractivity contribution >= 4 is 17.7 Å². The number of hydrogen-bond donors (Lipinski definition) is 1. The number of aromatic nitrogens is 2. The number of carbonyl (C=O) groups is 3. The van der Waals surface area contributed by atoms with E-state index in [9.17, 15) is 18.8 Å². The molecule has 1 saturated heterocycles. The lowest BCUT2D eigenvalue weighted by atomic mass is 10.0. The highest BCUT2D eigenvalue weighted by atomic mass is 19.1. The molecule has 2 aliphatic heterocycles. The monoisotopic (exact) mass is 503 g/mol. The van der Waals surface area contributed by atoms with E-state index >= 15 is 0 Å². The molecule has 3 amide bonds.